The molecule has 7 nitrogen and oxygen atoms in total. The number of alkyl carbamates (subject to hydrolysis) is 1. The molecule has 186 valence electrons. The summed E-state index contributed by atoms with van der Waals surface area (Å²) in [6.45, 7) is 8.11. The zero-order valence-corrected chi connectivity index (χ0v) is 20.4. The maximum atomic E-state index is 14.5. The van der Waals surface area contributed by atoms with Crippen molar-refractivity contribution in [3.8, 4) is 11.5 Å². The number of amides is 1. The number of halogens is 2. The van der Waals surface area contributed by atoms with Gasteiger partial charge in [0.15, 0.2) is 23.1 Å². The van der Waals surface area contributed by atoms with E-state index in [0.29, 0.717) is 11.1 Å². The zero-order chi connectivity index (χ0) is 25.6. The fourth-order valence-electron chi connectivity index (χ4n) is 3.54. The Morgan fingerprint density at radius 3 is 1.76 bits per heavy atom. The number of hydrogen-bond donors (Lipinski definition) is 1. The van der Waals surface area contributed by atoms with Crippen LogP contribution in [0.15, 0.2) is 36.4 Å². The van der Waals surface area contributed by atoms with Gasteiger partial charge in [0.2, 0.25) is 0 Å². The second kappa shape index (κ2) is 11.2. The topological polar surface area (TPSA) is 83.1 Å². The van der Waals surface area contributed by atoms with Gasteiger partial charge in [-0.3, -0.25) is 0 Å². The molecular weight excluding hydrogens is 448 g/mol. The third-order valence-electron chi connectivity index (χ3n) is 4.93. The van der Waals surface area contributed by atoms with E-state index in [1.165, 1.54) is 45.4 Å². The lowest BCUT2D eigenvalue weighted by Gasteiger charge is -2.29. The molecule has 0 aromatic heterocycles. The van der Waals surface area contributed by atoms with Crippen LogP contribution in [0.2, 0.25) is 0 Å². The van der Waals surface area contributed by atoms with Gasteiger partial charge < -0.3 is 24.3 Å². The number of esters is 1. The third kappa shape index (κ3) is 6.59. The molecule has 2 aromatic carbocycles. The van der Waals surface area contributed by atoms with E-state index < -0.39 is 47.4 Å². The first kappa shape index (κ1) is 26.9. The minimum atomic E-state index is -1.04. The van der Waals surface area contributed by atoms with E-state index in [1.54, 1.807) is 39.8 Å². The fourth-order valence-corrected chi connectivity index (χ4v) is 3.54. The lowest BCUT2D eigenvalue weighted by molar-refractivity contribution is -0.151. The summed E-state index contributed by atoms with van der Waals surface area (Å²) in [4.78, 5) is 24.8. The van der Waals surface area contributed by atoms with E-state index in [0.717, 1.165) is 0 Å². The number of methoxy groups -OCH3 is 2. The molecule has 2 atom stereocenters. The van der Waals surface area contributed by atoms with Crippen molar-refractivity contribution in [1.29, 1.82) is 0 Å². The van der Waals surface area contributed by atoms with Crippen molar-refractivity contribution in [3.63, 3.8) is 0 Å². The van der Waals surface area contributed by atoms with Crippen LogP contribution >= 0.6 is 0 Å². The predicted molar refractivity (Wildman–Crippen MR) is 122 cm³/mol. The Bertz CT molecular complexity index is 967. The van der Waals surface area contributed by atoms with Gasteiger partial charge in [0, 0.05) is 11.1 Å². The molecule has 1 N–H and O–H groups in total. The van der Waals surface area contributed by atoms with Crippen molar-refractivity contribution in [2.75, 3.05) is 14.2 Å². The molecule has 0 heterocycles. The molecule has 2 aromatic rings. The first-order chi connectivity index (χ1) is 15.9. The molecule has 0 fully saturated rings. The van der Waals surface area contributed by atoms with Crippen LogP contribution in [0.1, 0.15) is 51.7 Å². The molecular formula is C25H31F2NO6. The zero-order valence-electron chi connectivity index (χ0n) is 20.4. The average Bonchev–Trinajstić information content (AvgIpc) is 2.72. The van der Waals surface area contributed by atoms with Crippen molar-refractivity contribution in [3.05, 3.63) is 59.2 Å². The summed E-state index contributed by atoms with van der Waals surface area (Å²) < 4.78 is 50.4. The second-order valence-corrected chi connectivity index (χ2v) is 8.71. The van der Waals surface area contributed by atoms with Gasteiger partial charge in [0.25, 0.3) is 0 Å². The summed E-state index contributed by atoms with van der Waals surface area (Å²) >= 11 is 0. The van der Waals surface area contributed by atoms with Crippen molar-refractivity contribution < 1.29 is 37.3 Å². The summed E-state index contributed by atoms with van der Waals surface area (Å²) in [6, 6.07) is 7.58. The molecule has 0 saturated carbocycles. The molecule has 34 heavy (non-hydrogen) atoms. The maximum Gasteiger partial charge on any atom is 0.408 e. The Morgan fingerprint density at radius 1 is 0.882 bits per heavy atom. The monoisotopic (exact) mass is 479 g/mol. The van der Waals surface area contributed by atoms with E-state index >= 15 is 0 Å². The maximum absolute atomic E-state index is 14.5. The Balaban J connectivity index is 2.41. The van der Waals surface area contributed by atoms with Crippen LogP contribution < -0.4 is 14.8 Å². The first-order valence-corrected chi connectivity index (χ1v) is 10.7. The van der Waals surface area contributed by atoms with Gasteiger partial charge >= 0.3 is 12.1 Å². The highest BCUT2D eigenvalue weighted by Gasteiger charge is 2.33. The molecule has 0 bridgehead atoms. The predicted octanol–water partition coefficient (Wildman–Crippen LogP) is 4.96. The number of benzene rings is 2. The quantitative estimate of drug-likeness (QED) is 0.539. The van der Waals surface area contributed by atoms with Crippen LogP contribution in [0.3, 0.4) is 0 Å². The van der Waals surface area contributed by atoms with Gasteiger partial charge in [-0.1, -0.05) is 24.3 Å². The Labute approximate surface area is 198 Å². The SMILES string of the molecule is COc1c(F)cccc1C(c1cccc(F)c1OC)[C@H](C)OC(=O)[C@H](C)NC(=O)OC(C)(C)C. The van der Waals surface area contributed by atoms with Crippen LogP contribution in [0.4, 0.5) is 13.6 Å². The van der Waals surface area contributed by atoms with Crippen molar-refractivity contribution in [2.45, 2.75) is 58.3 Å². The fraction of sp³-hybridized carbons (Fsp3) is 0.440. The van der Waals surface area contributed by atoms with Crippen molar-refractivity contribution >= 4 is 12.1 Å². The smallest absolute Gasteiger partial charge is 0.408 e. The molecule has 0 saturated heterocycles. The molecule has 1 amide bonds. The summed E-state index contributed by atoms with van der Waals surface area (Å²) in [5.41, 5.74) is -0.0764. The number of ether oxygens (including phenoxy) is 4. The Morgan fingerprint density at radius 2 is 1.35 bits per heavy atom. The standard InChI is InChI=1S/C25H31F2NO6/c1-14(28-24(30)34-25(3,4)5)23(29)33-15(2)20(16-10-8-12-18(26)21(16)31-6)17-11-9-13-19(27)22(17)32-7/h8-15,20H,1-7H3,(H,28,30)/t14-,15-/m0/s1. The minimum absolute atomic E-state index is 0.0679. The first-order valence-electron chi connectivity index (χ1n) is 10.7. The Hall–Kier alpha value is -3.36. The number of carbonyl (C=O) groups excluding carboxylic acids is 2. The average molecular weight is 480 g/mol. The number of para-hydroxylation sites is 2. The molecule has 9 heteroatoms. The summed E-state index contributed by atoms with van der Waals surface area (Å²) in [5, 5.41) is 2.42. The normalized spacial score (nSPS) is 13.1. The number of nitrogens with one attached hydrogen (secondary N) is 1. The van der Waals surface area contributed by atoms with Gasteiger partial charge in [-0.15, -0.1) is 0 Å². The second-order valence-electron chi connectivity index (χ2n) is 8.71. The molecule has 2 rings (SSSR count). The number of hydrogen-bond acceptors (Lipinski definition) is 6. The molecule has 0 aliphatic rings. The van der Waals surface area contributed by atoms with Crippen LogP contribution in [0.5, 0.6) is 11.5 Å². The van der Waals surface area contributed by atoms with Crippen molar-refractivity contribution in [2.24, 2.45) is 0 Å². The largest absolute Gasteiger partial charge is 0.493 e. The summed E-state index contributed by atoms with van der Waals surface area (Å²) in [5.74, 6) is -3.00. The molecule has 0 aliphatic heterocycles. The lowest BCUT2D eigenvalue weighted by Crippen LogP contribution is -2.43. The number of carbonyl (C=O) groups is 2. The highest BCUT2D eigenvalue weighted by atomic mass is 19.1. The van der Waals surface area contributed by atoms with Crippen LogP contribution in [-0.4, -0.2) is 44.0 Å². The van der Waals surface area contributed by atoms with E-state index in [9.17, 15) is 18.4 Å². The van der Waals surface area contributed by atoms with E-state index in [4.69, 9.17) is 18.9 Å². The van der Waals surface area contributed by atoms with E-state index in [1.807, 2.05) is 0 Å². The van der Waals surface area contributed by atoms with Crippen LogP contribution in [0.25, 0.3) is 0 Å². The van der Waals surface area contributed by atoms with Gasteiger partial charge in [-0.25, -0.2) is 18.4 Å². The van der Waals surface area contributed by atoms with Crippen molar-refractivity contribution in [1.82, 2.24) is 5.32 Å². The molecule has 0 radical (unpaired) electrons. The van der Waals surface area contributed by atoms with Gasteiger partial charge in [-0.2, -0.15) is 0 Å². The lowest BCUT2D eigenvalue weighted by atomic mass is 9.85. The van der Waals surface area contributed by atoms with Gasteiger partial charge in [0.1, 0.15) is 17.7 Å². The van der Waals surface area contributed by atoms with Crippen LogP contribution in [0, 0.1) is 11.6 Å². The highest BCUT2D eigenvalue weighted by molar-refractivity contribution is 5.81. The number of rotatable bonds is 8. The van der Waals surface area contributed by atoms with Crippen LogP contribution in [-0.2, 0) is 14.3 Å². The molecule has 0 aliphatic carbocycles. The Kier molecular flexibility index (Phi) is 8.84. The summed E-state index contributed by atoms with van der Waals surface area (Å²) in [6.07, 6.45) is -1.71. The van der Waals surface area contributed by atoms with E-state index in [2.05, 4.69) is 5.32 Å². The van der Waals surface area contributed by atoms with Gasteiger partial charge in [-0.05, 0) is 46.8 Å². The van der Waals surface area contributed by atoms with Gasteiger partial charge in [0.05, 0.1) is 20.1 Å². The minimum Gasteiger partial charge on any atom is -0.493 e. The third-order valence-corrected chi connectivity index (χ3v) is 4.93. The van der Waals surface area contributed by atoms with E-state index in [-0.39, 0.29) is 11.5 Å². The molecule has 0 unspecified atom stereocenters. The summed E-state index contributed by atoms with van der Waals surface area (Å²) in [7, 11) is 2.62. The highest BCUT2D eigenvalue weighted by Crippen LogP contribution is 2.41. The molecule has 0 spiro atoms.